The summed E-state index contributed by atoms with van der Waals surface area (Å²) < 4.78 is 32.0. The number of hydrogen-bond acceptors (Lipinski definition) is 16. The number of nitrogens with one attached hydrogen (secondary N) is 6. The molecule has 5 aliphatic rings. The quantitative estimate of drug-likeness (QED) is 0.0478. The van der Waals surface area contributed by atoms with Crippen molar-refractivity contribution >= 4 is 35.4 Å². The minimum atomic E-state index is -0.802. The van der Waals surface area contributed by atoms with Gasteiger partial charge in [0.15, 0.2) is 0 Å². The molecule has 0 unspecified atom stereocenters. The summed E-state index contributed by atoms with van der Waals surface area (Å²) in [6.07, 6.45) is 11.3. The predicted octanol–water partition coefficient (Wildman–Crippen LogP) is 0.654. The second-order valence-electron chi connectivity index (χ2n) is 23.0. The summed E-state index contributed by atoms with van der Waals surface area (Å²) in [6.45, 7) is 9.05. The lowest BCUT2D eigenvalue weighted by Crippen LogP contribution is -2.58. The molecule has 6 amide bonds. The van der Waals surface area contributed by atoms with Gasteiger partial charge in [0.05, 0.1) is 62.9 Å². The maximum atomic E-state index is 14.4. The molecular formula is C58H82F2N16O8. The van der Waals surface area contributed by atoms with Crippen LogP contribution >= 0.6 is 0 Å². The first-order valence-corrected chi connectivity index (χ1v) is 30.0. The van der Waals surface area contributed by atoms with Crippen LogP contribution in [0.3, 0.4) is 0 Å². The summed E-state index contributed by atoms with van der Waals surface area (Å²) in [5.41, 5.74) is 2.09. The normalized spacial score (nSPS) is 23.9. The first kappa shape index (κ1) is 61.7. The van der Waals surface area contributed by atoms with Gasteiger partial charge >= 0.3 is 0 Å². The number of hydrogen-bond donors (Lipinski definition) is 8. The average Bonchev–Trinajstić information content (AvgIpc) is 3.31. The van der Waals surface area contributed by atoms with Crippen molar-refractivity contribution in [2.75, 3.05) is 65.6 Å². The summed E-state index contributed by atoms with van der Waals surface area (Å²) in [7, 11) is 0. The molecule has 5 fully saturated rings. The van der Waals surface area contributed by atoms with Crippen molar-refractivity contribution in [1.29, 1.82) is 0 Å². The van der Waals surface area contributed by atoms with Gasteiger partial charge in [-0.2, -0.15) is 0 Å². The number of piperazine rings is 1. The van der Waals surface area contributed by atoms with Gasteiger partial charge in [0.2, 0.25) is 35.4 Å². The van der Waals surface area contributed by atoms with Crippen LogP contribution in [0, 0.1) is 11.6 Å². The number of aromatic nitrogens is 6. The number of halogens is 2. The molecule has 5 aliphatic heterocycles. The van der Waals surface area contributed by atoms with E-state index in [1.165, 1.54) is 24.3 Å². The molecule has 10 atom stereocenters. The van der Waals surface area contributed by atoms with Crippen molar-refractivity contribution in [2.24, 2.45) is 0 Å². The summed E-state index contributed by atoms with van der Waals surface area (Å²) in [6, 6.07) is 5.33. The van der Waals surface area contributed by atoms with Crippen LogP contribution in [0.5, 0.6) is 0 Å². The molecule has 0 bridgehead atoms. The molecule has 2 aromatic carbocycles. The molecule has 26 heteroatoms. The van der Waals surface area contributed by atoms with E-state index in [2.05, 4.69) is 62.3 Å². The zero-order chi connectivity index (χ0) is 59.3. The molecule has 0 radical (unpaired) electrons. The molecule has 456 valence electrons. The lowest BCUT2D eigenvalue weighted by molar-refractivity contribution is -0.144. The maximum absolute atomic E-state index is 14.4. The zero-order valence-electron chi connectivity index (χ0n) is 48.1. The van der Waals surface area contributed by atoms with Gasteiger partial charge in [-0.05, 0) is 101 Å². The number of aliphatic hydroxyl groups excluding tert-OH is 2. The van der Waals surface area contributed by atoms with Crippen LogP contribution < -0.4 is 31.9 Å². The molecule has 24 nitrogen and oxygen atoms in total. The highest BCUT2D eigenvalue weighted by atomic mass is 19.1. The third-order valence-corrected chi connectivity index (χ3v) is 17.3. The maximum Gasteiger partial charge on any atom is 0.246 e. The van der Waals surface area contributed by atoms with Gasteiger partial charge in [0, 0.05) is 64.4 Å². The Morgan fingerprint density at radius 1 is 0.548 bits per heavy atom. The molecule has 0 spiro atoms. The monoisotopic (exact) mass is 1170 g/mol. The van der Waals surface area contributed by atoms with Crippen LogP contribution in [-0.4, -0.2) is 209 Å². The Morgan fingerprint density at radius 2 is 0.929 bits per heavy atom. The number of fused-ring (bicyclic) bond motifs is 2. The minimum Gasteiger partial charge on any atom is -0.395 e. The average molecular weight is 1170 g/mol. The number of nitrogens with zero attached hydrogens (tertiary/aromatic N) is 10. The molecule has 9 rings (SSSR count). The highest BCUT2D eigenvalue weighted by Gasteiger charge is 2.46. The zero-order valence-corrected chi connectivity index (χ0v) is 48.1. The summed E-state index contributed by atoms with van der Waals surface area (Å²) >= 11 is 0. The second kappa shape index (κ2) is 29.3. The van der Waals surface area contributed by atoms with Crippen molar-refractivity contribution in [2.45, 2.75) is 164 Å². The predicted molar refractivity (Wildman–Crippen MR) is 303 cm³/mol. The van der Waals surface area contributed by atoms with E-state index in [9.17, 15) is 47.8 Å². The Hall–Kier alpha value is -6.84. The number of carbonyl (C=O) groups excluding carboxylic acids is 6. The number of benzene rings is 2. The van der Waals surface area contributed by atoms with Crippen molar-refractivity contribution in [3.63, 3.8) is 0 Å². The van der Waals surface area contributed by atoms with Crippen LogP contribution in [0.4, 0.5) is 8.78 Å². The number of amides is 6. The third-order valence-electron chi connectivity index (χ3n) is 17.3. The van der Waals surface area contributed by atoms with Gasteiger partial charge in [-0.1, -0.05) is 60.4 Å². The van der Waals surface area contributed by atoms with Crippen LogP contribution in [0.25, 0.3) is 0 Å². The molecule has 0 aliphatic carbocycles. The van der Waals surface area contributed by atoms with Crippen molar-refractivity contribution in [3.8, 4) is 0 Å². The Labute approximate surface area is 488 Å². The van der Waals surface area contributed by atoms with Gasteiger partial charge in [-0.25, -0.2) is 8.78 Å². The van der Waals surface area contributed by atoms with Gasteiger partial charge in [-0.15, -0.1) is 10.2 Å². The summed E-state index contributed by atoms with van der Waals surface area (Å²) in [4.78, 5) is 91.3. The molecule has 2 aromatic heterocycles. The smallest absolute Gasteiger partial charge is 0.246 e. The molecule has 4 aromatic rings. The SMILES string of the molecule is C[C@H](NCCO)C(=O)N[C@H]1CCCC[C@H]2CC[C@@H](C(=O)N[C@@H](c3ccc(F)cc3)c3cn(CCN4CCN(CCn5cc([C@@H](NC(=O)[C@@H]6CC[C@@H]7CCCC[C@H](NC(=O)[C@H](C)NCCO)C(=O)N76)c6ccc(F)cc6)nn5)CC4)nn3)N2C1=O. The topological polar surface area (TPSA) is 289 Å². The standard InChI is InChI=1S/C58H82F2N16O8/c1-37(61-23-33-77)53(79)63-45-9-5-3-7-43-19-21-49(75(43)57(45)83)55(81)65-51(39-11-15-41(59)16-12-39)47-35-73(69-67-47)31-29-71-25-27-72(28-26-71)30-32-74-36-48(68-70-74)52(40-13-17-42(60)18-14-40)66-56(82)50-22-20-44-8-4-6-10-46(58(84)76(44)50)64-54(80)38(2)62-24-34-78/h11-18,35-38,43-46,49-52,61-62,77-78H,3-10,19-34H2,1-2H3,(H,63,79)(H,64,80)(H,65,81)(H,66,82)/t37-,38-,43-,44-,45-,46-,49-,50-,51-,52-/m0/s1. The minimum absolute atomic E-state index is 0.133. The lowest BCUT2D eigenvalue weighted by atomic mass is 9.98. The first-order chi connectivity index (χ1) is 40.7. The van der Waals surface area contributed by atoms with Crippen molar-refractivity contribution in [3.05, 3.63) is 95.1 Å². The number of aliphatic hydroxyl groups is 2. The number of rotatable bonds is 24. The molecule has 84 heavy (non-hydrogen) atoms. The van der Waals surface area contributed by atoms with Crippen LogP contribution in [0.2, 0.25) is 0 Å². The van der Waals surface area contributed by atoms with E-state index < -0.39 is 60.0 Å². The summed E-state index contributed by atoms with van der Waals surface area (Å²) in [5.74, 6) is -2.93. The van der Waals surface area contributed by atoms with E-state index in [-0.39, 0.29) is 73.8 Å². The first-order valence-electron chi connectivity index (χ1n) is 30.0. The van der Waals surface area contributed by atoms with Crippen molar-refractivity contribution in [1.82, 2.24) is 81.5 Å². The fourth-order valence-corrected chi connectivity index (χ4v) is 12.5. The van der Waals surface area contributed by atoms with Gasteiger partial charge in [0.1, 0.15) is 47.2 Å². The van der Waals surface area contributed by atoms with Crippen LogP contribution in [0.1, 0.15) is 125 Å². The van der Waals surface area contributed by atoms with Gasteiger partial charge in [0.25, 0.3) is 0 Å². The highest BCUT2D eigenvalue weighted by molar-refractivity contribution is 5.95. The van der Waals surface area contributed by atoms with E-state index >= 15 is 0 Å². The van der Waals surface area contributed by atoms with E-state index in [1.807, 2.05) is 0 Å². The molecular weight excluding hydrogens is 1090 g/mol. The van der Waals surface area contributed by atoms with E-state index in [0.717, 1.165) is 64.7 Å². The van der Waals surface area contributed by atoms with Gasteiger partial charge in [-0.3, -0.25) is 47.9 Å². The molecule has 8 N–H and O–H groups in total. The largest absolute Gasteiger partial charge is 0.395 e. The Morgan fingerprint density at radius 3 is 1.31 bits per heavy atom. The van der Waals surface area contributed by atoms with Crippen molar-refractivity contribution < 1.29 is 47.8 Å². The number of carbonyl (C=O) groups is 6. The van der Waals surface area contributed by atoms with E-state index in [0.29, 0.717) is 87.2 Å². The van der Waals surface area contributed by atoms with Crippen LogP contribution in [-0.2, 0) is 41.9 Å². The highest BCUT2D eigenvalue weighted by Crippen LogP contribution is 2.34. The molecule has 0 saturated carbocycles. The molecule has 7 heterocycles. The Balaban J connectivity index is 0.780. The fraction of sp³-hybridized carbons (Fsp3) is 0.621. The van der Waals surface area contributed by atoms with Gasteiger partial charge < -0.3 is 51.9 Å². The van der Waals surface area contributed by atoms with E-state index in [4.69, 9.17) is 0 Å². The third kappa shape index (κ3) is 15.5. The second-order valence-corrected chi connectivity index (χ2v) is 23.0. The van der Waals surface area contributed by atoms with E-state index in [1.54, 1.807) is 69.7 Å². The fourth-order valence-electron chi connectivity index (χ4n) is 12.5. The molecule has 5 saturated heterocycles. The Kier molecular flexibility index (Phi) is 21.5. The summed E-state index contributed by atoms with van der Waals surface area (Å²) in [5, 5.41) is 54.2. The van der Waals surface area contributed by atoms with Crippen LogP contribution in [0.15, 0.2) is 60.9 Å². The lowest BCUT2D eigenvalue weighted by Gasteiger charge is -2.36. The Bertz CT molecular complexity index is 2660.